The molecular formula is C20H7F5O5. The Hall–Kier alpha value is -3.82. The number of benzene rings is 3. The zero-order valence-corrected chi connectivity index (χ0v) is 14.4. The van der Waals surface area contributed by atoms with E-state index in [9.17, 15) is 37.0 Å². The molecule has 0 aliphatic carbocycles. The Morgan fingerprint density at radius 2 is 1.20 bits per heavy atom. The Labute approximate surface area is 163 Å². The Morgan fingerprint density at radius 1 is 0.700 bits per heavy atom. The average molecular weight is 422 g/mol. The first kappa shape index (κ1) is 18.2. The second kappa shape index (κ2) is 5.62. The third kappa shape index (κ3) is 2.07. The highest BCUT2D eigenvalue weighted by molar-refractivity contribution is 5.97. The molecule has 0 aromatic heterocycles. The van der Waals surface area contributed by atoms with Crippen LogP contribution in [0.2, 0.25) is 0 Å². The maximum atomic E-state index is 14.4. The number of phenolic OH excluding ortho intramolecular Hbond substituents is 2. The Morgan fingerprint density at radius 3 is 1.73 bits per heavy atom. The van der Waals surface area contributed by atoms with Crippen LogP contribution in [0.4, 0.5) is 22.0 Å². The highest BCUT2D eigenvalue weighted by Gasteiger charge is 2.56. The number of phenols is 2. The van der Waals surface area contributed by atoms with Gasteiger partial charge in [0.25, 0.3) is 0 Å². The van der Waals surface area contributed by atoms with Crippen molar-refractivity contribution in [2.24, 2.45) is 0 Å². The van der Waals surface area contributed by atoms with Crippen molar-refractivity contribution in [3.8, 4) is 23.0 Å². The zero-order valence-electron chi connectivity index (χ0n) is 14.4. The third-order valence-electron chi connectivity index (χ3n) is 5.07. The lowest BCUT2D eigenvalue weighted by molar-refractivity contribution is 0.0219. The van der Waals surface area contributed by atoms with Crippen molar-refractivity contribution < 1.29 is 46.4 Å². The Balaban J connectivity index is 1.97. The van der Waals surface area contributed by atoms with Crippen LogP contribution in [0.3, 0.4) is 0 Å². The van der Waals surface area contributed by atoms with E-state index in [2.05, 4.69) is 0 Å². The lowest BCUT2D eigenvalue weighted by atomic mass is 9.77. The van der Waals surface area contributed by atoms with E-state index in [-0.39, 0.29) is 22.6 Å². The fourth-order valence-corrected chi connectivity index (χ4v) is 3.79. The number of halogens is 5. The first-order valence-electron chi connectivity index (χ1n) is 8.30. The fourth-order valence-electron chi connectivity index (χ4n) is 3.79. The van der Waals surface area contributed by atoms with Crippen molar-refractivity contribution in [3.63, 3.8) is 0 Å². The molecule has 5 nitrogen and oxygen atoms in total. The van der Waals surface area contributed by atoms with Gasteiger partial charge in [-0.15, -0.1) is 0 Å². The summed E-state index contributed by atoms with van der Waals surface area (Å²) < 4.78 is 81.4. The van der Waals surface area contributed by atoms with Crippen molar-refractivity contribution in [1.82, 2.24) is 0 Å². The van der Waals surface area contributed by atoms with Crippen LogP contribution in [0.25, 0.3) is 0 Å². The molecule has 0 amide bonds. The van der Waals surface area contributed by atoms with Crippen molar-refractivity contribution in [2.45, 2.75) is 5.60 Å². The monoisotopic (exact) mass is 422 g/mol. The van der Waals surface area contributed by atoms with Gasteiger partial charge in [-0.3, -0.25) is 0 Å². The number of fused-ring (bicyclic) bond motifs is 6. The summed E-state index contributed by atoms with van der Waals surface area (Å²) in [6, 6.07) is 3.45. The highest BCUT2D eigenvalue weighted by Crippen LogP contribution is 2.58. The topological polar surface area (TPSA) is 76.0 Å². The summed E-state index contributed by atoms with van der Waals surface area (Å²) in [6.45, 7) is 0. The largest absolute Gasteiger partial charge is 0.505 e. The second-order valence-corrected chi connectivity index (χ2v) is 6.68. The normalized spacial score (nSPS) is 15.3. The minimum atomic E-state index is -2.34. The second-order valence-electron chi connectivity index (χ2n) is 6.68. The molecule has 3 aromatic carbocycles. The van der Waals surface area contributed by atoms with E-state index in [0.29, 0.717) is 18.2 Å². The molecule has 0 saturated carbocycles. The van der Waals surface area contributed by atoms with Gasteiger partial charge < -0.3 is 19.7 Å². The van der Waals surface area contributed by atoms with Crippen molar-refractivity contribution in [1.29, 1.82) is 0 Å². The van der Waals surface area contributed by atoms with E-state index in [4.69, 9.17) is 9.47 Å². The fraction of sp³-hybridized carbons (Fsp3) is 0.0500. The number of hydrogen-bond acceptors (Lipinski definition) is 5. The number of esters is 1. The van der Waals surface area contributed by atoms with E-state index in [1.54, 1.807) is 0 Å². The molecule has 2 aliphatic rings. The van der Waals surface area contributed by atoms with E-state index in [1.807, 2.05) is 0 Å². The Bertz CT molecular complexity index is 1250. The molecule has 2 heterocycles. The molecule has 10 heteroatoms. The zero-order chi connectivity index (χ0) is 21.5. The van der Waals surface area contributed by atoms with Gasteiger partial charge in [0, 0.05) is 17.7 Å². The number of carbonyl (C=O) groups is 1. The number of carbonyl (C=O) groups excluding carboxylic acids is 1. The summed E-state index contributed by atoms with van der Waals surface area (Å²) in [5.41, 5.74) is -4.55. The molecule has 0 radical (unpaired) electrons. The Kier molecular flexibility index (Phi) is 3.41. The molecule has 0 bridgehead atoms. The molecule has 0 unspecified atom stereocenters. The lowest BCUT2D eigenvalue weighted by Crippen LogP contribution is -2.33. The van der Waals surface area contributed by atoms with E-state index < -0.39 is 63.3 Å². The minimum absolute atomic E-state index is 0.307. The van der Waals surface area contributed by atoms with Gasteiger partial charge in [-0.2, -0.15) is 0 Å². The smallest absolute Gasteiger partial charge is 0.343 e. The first-order chi connectivity index (χ1) is 14.1. The van der Waals surface area contributed by atoms with Gasteiger partial charge in [0.15, 0.2) is 46.2 Å². The van der Waals surface area contributed by atoms with Gasteiger partial charge in [-0.05, 0) is 18.2 Å². The van der Waals surface area contributed by atoms with Crippen LogP contribution < -0.4 is 4.74 Å². The minimum Gasteiger partial charge on any atom is -0.505 e. The summed E-state index contributed by atoms with van der Waals surface area (Å²) in [6.07, 6.45) is 0. The van der Waals surface area contributed by atoms with Crippen LogP contribution in [0.15, 0.2) is 30.3 Å². The van der Waals surface area contributed by atoms with Gasteiger partial charge in [0.2, 0.25) is 0 Å². The average Bonchev–Trinajstić information content (AvgIpc) is 2.97. The molecule has 2 aliphatic heterocycles. The molecule has 1 spiro atoms. The summed E-state index contributed by atoms with van der Waals surface area (Å²) in [5.74, 6) is -11.6. The van der Waals surface area contributed by atoms with Crippen molar-refractivity contribution >= 4 is 5.97 Å². The van der Waals surface area contributed by atoms with Gasteiger partial charge in [0.05, 0.1) is 11.1 Å². The van der Waals surface area contributed by atoms with Crippen LogP contribution in [-0.4, -0.2) is 16.2 Å². The van der Waals surface area contributed by atoms with E-state index in [1.165, 1.54) is 0 Å². The quantitative estimate of drug-likeness (QED) is 0.320. The van der Waals surface area contributed by atoms with Gasteiger partial charge in [-0.1, -0.05) is 0 Å². The SMILES string of the molecule is O=C1OC2(c3cc(F)c(O)cc3Oc3cc(O)c(F)cc32)c2cc(F)c(F)c(F)c21. The summed E-state index contributed by atoms with van der Waals surface area (Å²) >= 11 is 0. The molecular weight excluding hydrogens is 415 g/mol. The molecule has 0 fully saturated rings. The van der Waals surface area contributed by atoms with Crippen molar-refractivity contribution in [3.05, 3.63) is 81.7 Å². The van der Waals surface area contributed by atoms with Crippen molar-refractivity contribution in [2.75, 3.05) is 0 Å². The molecule has 3 aromatic rings. The molecule has 30 heavy (non-hydrogen) atoms. The number of aromatic hydroxyl groups is 2. The van der Waals surface area contributed by atoms with Crippen LogP contribution in [0.5, 0.6) is 23.0 Å². The number of ether oxygens (including phenoxy) is 2. The predicted octanol–water partition coefficient (Wildman–Crippen LogP) is 4.36. The van der Waals surface area contributed by atoms with Crippen LogP contribution in [-0.2, 0) is 10.3 Å². The van der Waals surface area contributed by atoms with Crippen LogP contribution >= 0.6 is 0 Å². The third-order valence-corrected chi connectivity index (χ3v) is 5.07. The summed E-state index contributed by atoms with van der Waals surface area (Å²) in [4.78, 5) is 12.5. The van der Waals surface area contributed by atoms with Gasteiger partial charge in [-0.25, -0.2) is 26.7 Å². The molecule has 0 atom stereocenters. The summed E-state index contributed by atoms with van der Waals surface area (Å²) in [5, 5.41) is 19.4. The lowest BCUT2D eigenvalue weighted by Gasteiger charge is -2.36. The first-order valence-corrected chi connectivity index (χ1v) is 8.30. The van der Waals surface area contributed by atoms with Crippen LogP contribution in [0, 0.1) is 29.1 Å². The molecule has 0 saturated heterocycles. The number of hydrogen-bond donors (Lipinski definition) is 2. The molecule has 152 valence electrons. The standard InChI is InChI=1S/C20H7F5O5/c21-9-1-6-14(4-12(9)26)29-15-5-13(27)10(22)2-7(15)20(6)8-3-11(23)17(24)18(25)16(8)19(28)30-20/h1-5,26-27H. The van der Waals surface area contributed by atoms with Gasteiger partial charge >= 0.3 is 5.97 Å². The van der Waals surface area contributed by atoms with E-state index >= 15 is 0 Å². The van der Waals surface area contributed by atoms with E-state index in [0.717, 1.165) is 12.1 Å². The molecule has 2 N–H and O–H groups in total. The summed E-state index contributed by atoms with van der Waals surface area (Å²) in [7, 11) is 0. The maximum Gasteiger partial charge on any atom is 0.343 e. The maximum absolute atomic E-state index is 14.4. The predicted molar refractivity (Wildman–Crippen MR) is 87.8 cm³/mol. The highest BCUT2D eigenvalue weighted by atomic mass is 19.2. The van der Waals surface area contributed by atoms with Crippen LogP contribution in [0.1, 0.15) is 27.0 Å². The molecule has 5 rings (SSSR count). The number of rotatable bonds is 0. The van der Waals surface area contributed by atoms with Gasteiger partial charge in [0.1, 0.15) is 17.1 Å².